The van der Waals surface area contributed by atoms with Crippen LogP contribution in [-0.2, 0) is 19.1 Å². The van der Waals surface area contributed by atoms with Crippen molar-refractivity contribution in [2.24, 2.45) is 0 Å². The SMILES string of the molecule is C[C@@H](OC(=O)C[C@H]1Sc2ccccc2NC1=O)C(=O)Nc1ccc([N+](=O)[O-])cc1. The Bertz CT molecular complexity index is 963. The number of carbonyl (C=O) groups is 3. The predicted octanol–water partition coefficient (Wildman–Crippen LogP) is 2.97. The highest BCUT2D eigenvalue weighted by Crippen LogP contribution is 2.36. The van der Waals surface area contributed by atoms with Gasteiger partial charge in [-0.1, -0.05) is 12.1 Å². The number of rotatable bonds is 6. The van der Waals surface area contributed by atoms with Gasteiger partial charge in [0.05, 0.1) is 22.3 Å². The maximum atomic E-state index is 12.2. The third-order valence-corrected chi connectivity index (χ3v) is 5.36. The van der Waals surface area contributed by atoms with Crippen LogP contribution >= 0.6 is 11.8 Å². The zero-order chi connectivity index (χ0) is 21.0. The molecule has 2 amide bonds. The number of nitrogens with one attached hydrogen (secondary N) is 2. The number of hydrogen-bond acceptors (Lipinski definition) is 7. The van der Waals surface area contributed by atoms with Gasteiger partial charge in [-0.3, -0.25) is 24.5 Å². The highest BCUT2D eigenvalue weighted by molar-refractivity contribution is 8.01. The van der Waals surface area contributed by atoms with Crippen LogP contribution < -0.4 is 10.6 Å². The number of nitro benzene ring substituents is 1. The number of nitrogens with zero attached hydrogens (tertiary/aromatic N) is 1. The molecule has 1 heterocycles. The number of ether oxygens (including phenoxy) is 1. The minimum Gasteiger partial charge on any atom is -0.452 e. The van der Waals surface area contributed by atoms with Crippen molar-refractivity contribution < 1.29 is 24.0 Å². The fourth-order valence-electron chi connectivity index (χ4n) is 2.59. The molecular weight excluding hydrogens is 398 g/mol. The Hall–Kier alpha value is -3.40. The summed E-state index contributed by atoms with van der Waals surface area (Å²) in [7, 11) is 0. The summed E-state index contributed by atoms with van der Waals surface area (Å²) in [6.07, 6.45) is -1.28. The van der Waals surface area contributed by atoms with Gasteiger partial charge in [-0.25, -0.2) is 0 Å². The first kappa shape index (κ1) is 20.3. The topological polar surface area (TPSA) is 128 Å². The standard InChI is InChI=1S/C19H17N3O6S/c1-11(18(24)20-12-6-8-13(9-7-12)22(26)27)28-17(23)10-16-19(25)21-14-4-2-3-5-15(14)29-16/h2-9,11,16H,10H2,1H3,(H,20,24)(H,21,25)/t11-,16-/m1/s1. The Morgan fingerprint density at radius 3 is 2.62 bits per heavy atom. The third-order valence-electron chi connectivity index (χ3n) is 4.08. The number of carbonyl (C=O) groups excluding carboxylic acids is 3. The van der Waals surface area contributed by atoms with E-state index in [0.29, 0.717) is 11.4 Å². The first-order chi connectivity index (χ1) is 13.8. The molecule has 0 fully saturated rings. The molecule has 2 aromatic carbocycles. The Kier molecular flexibility index (Phi) is 6.13. The number of anilines is 2. The second-order valence-corrected chi connectivity index (χ2v) is 7.47. The van der Waals surface area contributed by atoms with E-state index in [4.69, 9.17) is 4.74 Å². The summed E-state index contributed by atoms with van der Waals surface area (Å²) in [5.74, 6) is -1.56. The van der Waals surface area contributed by atoms with Crippen molar-refractivity contribution in [3.05, 3.63) is 58.6 Å². The molecular formula is C19H17N3O6S. The van der Waals surface area contributed by atoms with Crippen molar-refractivity contribution >= 4 is 46.6 Å². The van der Waals surface area contributed by atoms with E-state index in [-0.39, 0.29) is 18.0 Å². The van der Waals surface area contributed by atoms with Crippen molar-refractivity contribution in [3.63, 3.8) is 0 Å². The van der Waals surface area contributed by atoms with Crippen LogP contribution in [0.1, 0.15) is 13.3 Å². The average molecular weight is 415 g/mol. The summed E-state index contributed by atoms with van der Waals surface area (Å²) in [5, 5.41) is 15.3. The number of non-ortho nitro benzene ring substituents is 1. The van der Waals surface area contributed by atoms with E-state index in [9.17, 15) is 24.5 Å². The first-order valence-electron chi connectivity index (χ1n) is 8.65. The average Bonchev–Trinajstić information content (AvgIpc) is 2.68. The molecule has 2 N–H and O–H groups in total. The van der Waals surface area contributed by atoms with Crippen LogP contribution in [0.2, 0.25) is 0 Å². The van der Waals surface area contributed by atoms with Crippen molar-refractivity contribution in [2.45, 2.75) is 29.6 Å². The molecule has 1 aliphatic rings. The van der Waals surface area contributed by atoms with Crippen molar-refractivity contribution in [1.29, 1.82) is 0 Å². The lowest BCUT2D eigenvalue weighted by Gasteiger charge is -2.23. The van der Waals surface area contributed by atoms with Gasteiger partial charge in [0.25, 0.3) is 11.6 Å². The first-order valence-corrected chi connectivity index (χ1v) is 9.53. The summed E-state index contributed by atoms with van der Waals surface area (Å²) in [4.78, 5) is 47.5. The molecule has 1 aliphatic heterocycles. The number of nitro groups is 1. The summed E-state index contributed by atoms with van der Waals surface area (Å²) in [5.41, 5.74) is 0.928. The molecule has 0 aliphatic carbocycles. The third kappa shape index (κ3) is 5.11. The molecule has 0 bridgehead atoms. The number of thioether (sulfide) groups is 1. The molecule has 10 heteroatoms. The second-order valence-electron chi connectivity index (χ2n) is 6.22. The van der Waals surface area contributed by atoms with Crippen LogP contribution in [0.5, 0.6) is 0 Å². The van der Waals surface area contributed by atoms with E-state index in [0.717, 1.165) is 4.90 Å². The molecule has 29 heavy (non-hydrogen) atoms. The van der Waals surface area contributed by atoms with Crippen LogP contribution in [0.15, 0.2) is 53.4 Å². The fourth-order valence-corrected chi connectivity index (χ4v) is 3.68. The number of hydrogen-bond donors (Lipinski definition) is 2. The van der Waals surface area contributed by atoms with Gasteiger partial charge in [0.2, 0.25) is 5.91 Å². The van der Waals surface area contributed by atoms with E-state index >= 15 is 0 Å². The van der Waals surface area contributed by atoms with Crippen molar-refractivity contribution in [2.75, 3.05) is 10.6 Å². The molecule has 0 aromatic heterocycles. The fraction of sp³-hybridized carbons (Fsp3) is 0.211. The Morgan fingerprint density at radius 1 is 1.24 bits per heavy atom. The highest BCUT2D eigenvalue weighted by atomic mass is 32.2. The van der Waals surface area contributed by atoms with Gasteiger partial charge in [-0.2, -0.15) is 0 Å². The molecule has 3 rings (SSSR count). The minimum atomic E-state index is -1.10. The van der Waals surface area contributed by atoms with Crippen LogP contribution in [-0.4, -0.2) is 34.1 Å². The van der Waals surface area contributed by atoms with Gasteiger partial charge in [0.1, 0.15) is 0 Å². The van der Waals surface area contributed by atoms with Gasteiger partial charge in [-0.15, -0.1) is 11.8 Å². The number of para-hydroxylation sites is 1. The van der Waals surface area contributed by atoms with Crippen LogP contribution in [0.4, 0.5) is 17.1 Å². The van der Waals surface area contributed by atoms with Gasteiger partial charge >= 0.3 is 5.97 Å². The molecule has 0 saturated heterocycles. The van der Waals surface area contributed by atoms with Gasteiger partial charge in [0, 0.05) is 22.7 Å². The van der Waals surface area contributed by atoms with Crippen molar-refractivity contribution in [3.8, 4) is 0 Å². The van der Waals surface area contributed by atoms with E-state index < -0.39 is 28.2 Å². The van der Waals surface area contributed by atoms with Crippen LogP contribution in [0.3, 0.4) is 0 Å². The minimum absolute atomic E-state index is 0.104. The number of fused-ring (bicyclic) bond motifs is 1. The zero-order valence-corrected chi connectivity index (χ0v) is 16.1. The lowest BCUT2D eigenvalue weighted by atomic mass is 10.2. The Morgan fingerprint density at radius 2 is 1.93 bits per heavy atom. The molecule has 0 spiro atoms. The lowest BCUT2D eigenvalue weighted by molar-refractivity contribution is -0.384. The van der Waals surface area contributed by atoms with E-state index in [2.05, 4.69) is 10.6 Å². The smallest absolute Gasteiger partial charge is 0.308 e. The summed E-state index contributed by atoms with van der Waals surface area (Å²) in [6, 6.07) is 12.5. The maximum absolute atomic E-state index is 12.2. The normalized spacial score (nSPS) is 16.2. The van der Waals surface area contributed by atoms with Crippen LogP contribution in [0.25, 0.3) is 0 Å². The highest BCUT2D eigenvalue weighted by Gasteiger charge is 2.30. The van der Waals surface area contributed by atoms with Crippen molar-refractivity contribution in [1.82, 2.24) is 0 Å². The van der Waals surface area contributed by atoms with E-state index in [1.165, 1.54) is 43.0 Å². The van der Waals surface area contributed by atoms with E-state index in [1.54, 1.807) is 12.1 Å². The number of benzene rings is 2. The van der Waals surface area contributed by atoms with Crippen LogP contribution in [0, 0.1) is 10.1 Å². The summed E-state index contributed by atoms with van der Waals surface area (Å²) in [6.45, 7) is 1.40. The quantitative estimate of drug-likeness (QED) is 0.422. The van der Waals surface area contributed by atoms with Gasteiger partial charge in [0.15, 0.2) is 6.10 Å². The zero-order valence-electron chi connectivity index (χ0n) is 15.3. The monoisotopic (exact) mass is 415 g/mol. The Balaban J connectivity index is 1.52. The number of esters is 1. The maximum Gasteiger partial charge on any atom is 0.308 e. The second kappa shape index (κ2) is 8.74. The summed E-state index contributed by atoms with van der Waals surface area (Å²) >= 11 is 1.27. The van der Waals surface area contributed by atoms with Gasteiger partial charge < -0.3 is 15.4 Å². The molecule has 2 atom stereocenters. The molecule has 0 unspecified atom stereocenters. The predicted molar refractivity (Wildman–Crippen MR) is 107 cm³/mol. The van der Waals surface area contributed by atoms with Gasteiger partial charge in [-0.05, 0) is 31.2 Å². The largest absolute Gasteiger partial charge is 0.452 e. The molecule has 0 saturated carbocycles. The lowest BCUT2D eigenvalue weighted by Crippen LogP contribution is -2.34. The molecule has 150 valence electrons. The van der Waals surface area contributed by atoms with E-state index in [1.807, 2.05) is 12.1 Å². The molecule has 2 aromatic rings. The molecule has 9 nitrogen and oxygen atoms in total. The summed E-state index contributed by atoms with van der Waals surface area (Å²) < 4.78 is 5.13. The number of amides is 2. The molecule has 0 radical (unpaired) electrons. The Labute approximate surface area is 170 Å².